The van der Waals surface area contributed by atoms with Crippen molar-refractivity contribution in [1.82, 2.24) is 9.88 Å². The van der Waals surface area contributed by atoms with E-state index in [-0.39, 0.29) is 6.03 Å². The van der Waals surface area contributed by atoms with Crippen molar-refractivity contribution in [3.8, 4) is 0 Å². The fourth-order valence-corrected chi connectivity index (χ4v) is 5.67. The van der Waals surface area contributed by atoms with Crippen LogP contribution in [-0.2, 0) is 0 Å². The second-order valence-electron chi connectivity index (χ2n) is 7.75. The Labute approximate surface area is 136 Å². The van der Waals surface area contributed by atoms with Crippen LogP contribution in [0.5, 0.6) is 0 Å². The maximum Gasteiger partial charge on any atom is 0.323 e. The number of urea groups is 1. The van der Waals surface area contributed by atoms with E-state index in [1.807, 2.05) is 0 Å². The molecule has 2 atom stereocenters. The van der Waals surface area contributed by atoms with Crippen LogP contribution >= 0.6 is 11.3 Å². The zero-order chi connectivity index (χ0) is 15.3. The molecule has 2 saturated heterocycles. The summed E-state index contributed by atoms with van der Waals surface area (Å²) < 4.78 is 0. The molecule has 120 valence electrons. The van der Waals surface area contributed by atoms with Crippen molar-refractivity contribution in [3.05, 3.63) is 11.1 Å². The van der Waals surface area contributed by atoms with Gasteiger partial charge in [0.25, 0.3) is 0 Å². The quantitative estimate of drug-likeness (QED) is 0.883. The first-order chi connectivity index (χ1) is 10.6. The third-order valence-electron chi connectivity index (χ3n) is 5.69. The molecule has 4 bridgehead atoms. The van der Waals surface area contributed by atoms with E-state index in [0.717, 1.165) is 35.1 Å². The summed E-state index contributed by atoms with van der Waals surface area (Å²) in [7, 11) is 0. The Morgan fingerprint density at radius 3 is 2.55 bits per heavy atom. The SMILES string of the molecule is CC(C)c1csc(NC(=O)N2CC3CC4CC(C3)CC2C4)n1. The molecule has 4 fully saturated rings. The third kappa shape index (κ3) is 2.64. The van der Waals surface area contributed by atoms with Gasteiger partial charge in [0.1, 0.15) is 0 Å². The molecule has 3 heterocycles. The number of anilines is 1. The van der Waals surface area contributed by atoms with E-state index in [1.165, 1.54) is 32.1 Å². The second-order valence-corrected chi connectivity index (χ2v) is 8.60. The van der Waals surface area contributed by atoms with Crippen LogP contribution in [-0.4, -0.2) is 28.5 Å². The van der Waals surface area contributed by atoms with Crippen LogP contribution in [0.15, 0.2) is 5.38 Å². The Kier molecular flexibility index (Phi) is 3.63. The van der Waals surface area contributed by atoms with Crippen molar-refractivity contribution < 1.29 is 4.79 Å². The average Bonchev–Trinajstić information content (AvgIpc) is 2.83. The Bertz CT molecular complexity index is 556. The minimum Gasteiger partial charge on any atom is -0.321 e. The Morgan fingerprint density at radius 2 is 1.91 bits per heavy atom. The lowest BCUT2D eigenvalue weighted by atomic mass is 9.68. The first-order valence-electron chi connectivity index (χ1n) is 8.61. The number of fused-ring (bicyclic) bond motifs is 1. The predicted molar refractivity (Wildman–Crippen MR) is 89.3 cm³/mol. The van der Waals surface area contributed by atoms with Gasteiger partial charge >= 0.3 is 6.03 Å². The summed E-state index contributed by atoms with van der Waals surface area (Å²) in [6.45, 7) is 5.21. The summed E-state index contributed by atoms with van der Waals surface area (Å²) in [6.07, 6.45) is 6.52. The highest BCUT2D eigenvalue weighted by atomic mass is 32.1. The van der Waals surface area contributed by atoms with Gasteiger partial charge in [-0.05, 0) is 55.8 Å². The van der Waals surface area contributed by atoms with Crippen LogP contribution in [0.1, 0.15) is 57.6 Å². The molecule has 4 aliphatic rings. The molecule has 1 N–H and O–H groups in total. The molecule has 2 saturated carbocycles. The minimum absolute atomic E-state index is 0.0721. The highest BCUT2D eigenvalue weighted by Crippen LogP contribution is 2.47. The standard InChI is InChI=1S/C17H25N3OS/c1-10(2)15-9-22-16(18-15)19-17(21)20-8-13-4-11-3-12(5-13)7-14(20)6-11/h9-14H,3-8H2,1-2H3,(H,18,19,21). The lowest BCUT2D eigenvalue weighted by Crippen LogP contribution is -2.44. The fourth-order valence-electron chi connectivity index (χ4n) is 4.81. The number of amides is 2. The minimum atomic E-state index is 0.0721. The van der Waals surface area contributed by atoms with E-state index >= 15 is 0 Å². The van der Waals surface area contributed by atoms with Gasteiger partial charge in [-0.1, -0.05) is 13.8 Å². The molecule has 1 aromatic heterocycles. The molecule has 0 radical (unpaired) electrons. The first-order valence-corrected chi connectivity index (χ1v) is 9.49. The number of carbonyl (C=O) groups excluding carboxylic acids is 1. The van der Waals surface area contributed by atoms with Crippen LogP contribution in [0.2, 0.25) is 0 Å². The number of thiazole rings is 1. The molecule has 2 amide bonds. The van der Waals surface area contributed by atoms with Gasteiger partial charge in [-0.3, -0.25) is 5.32 Å². The zero-order valence-electron chi connectivity index (χ0n) is 13.4. The van der Waals surface area contributed by atoms with E-state index in [1.54, 1.807) is 11.3 Å². The van der Waals surface area contributed by atoms with E-state index in [4.69, 9.17) is 0 Å². The Morgan fingerprint density at radius 1 is 1.23 bits per heavy atom. The van der Waals surface area contributed by atoms with Crippen LogP contribution in [0, 0.1) is 17.8 Å². The number of nitrogens with one attached hydrogen (secondary N) is 1. The molecule has 2 aliphatic carbocycles. The summed E-state index contributed by atoms with van der Waals surface area (Å²) in [5.74, 6) is 2.87. The van der Waals surface area contributed by atoms with E-state index in [2.05, 4.69) is 34.4 Å². The first kappa shape index (κ1) is 14.5. The molecule has 2 aliphatic heterocycles. The number of rotatable bonds is 2. The monoisotopic (exact) mass is 319 g/mol. The molecule has 0 aromatic carbocycles. The zero-order valence-corrected chi connectivity index (χ0v) is 14.2. The lowest BCUT2D eigenvalue weighted by molar-refractivity contribution is 0.136. The fraction of sp³-hybridized carbons (Fsp3) is 0.765. The maximum absolute atomic E-state index is 12.7. The highest BCUT2D eigenvalue weighted by molar-refractivity contribution is 7.13. The van der Waals surface area contributed by atoms with Crippen LogP contribution in [0.3, 0.4) is 0 Å². The summed E-state index contributed by atoms with van der Waals surface area (Å²) in [5.41, 5.74) is 1.07. The molecule has 4 nitrogen and oxygen atoms in total. The molecule has 2 unspecified atom stereocenters. The maximum atomic E-state index is 12.7. The van der Waals surface area contributed by atoms with Crippen LogP contribution in [0.4, 0.5) is 9.93 Å². The molecule has 5 rings (SSSR count). The molecule has 5 heteroatoms. The summed E-state index contributed by atoms with van der Waals surface area (Å²) in [4.78, 5) is 19.4. The smallest absolute Gasteiger partial charge is 0.321 e. The van der Waals surface area contributed by atoms with Crippen molar-refractivity contribution in [2.45, 2.75) is 57.9 Å². The van der Waals surface area contributed by atoms with Gasteiger partial charge in [-0.15, -0.1) is 11.3 Å². The number of aromatic nitrogens is 1. The van der Waals surface area contributed by atoms with Gasteiger partial charge in [0.2, 0.25) is 0 Å². The van der Waals surface area contributed by atoms with Crippen LogP contribution < -0.4 is 5.32 Å². The summed E-state index contributed by atoms with van der Waals surface area (Å²) in [5, 5.41) is 5.85. The van der Waals surface area contributed by atoms with Gasteiger partial charge in [-0.2, -0.15) is 0 Å². The van der Waals surface area contributed by atoms with E-state index in [9.17, 15) is 4.79 Å². The van der Waals surface area contributed by atoms with E-state index in [0.29, 0.717) is 12.0 Å². The van der Waals surface area contributed by atoms with Crippen LogP contribution in [0.25, 0.3) is 0 Å². The predicted octanol–water partition coefficient (Wildman–Crippen LogP) is 4.31. The lowest BCUT2D eigenvalue weighted by Gasteiger charge is -2.38. The number of carbonyl (C=O) groups is 1. The van der Waals surface area contributed by atoms with E-state index < -0.39 is 0 Å². The molecule has 1 aromatic rings. The third-order valence-corrected chi connectivity index (χ3v) is 6.47. The summed E-state index contributed by atoms with van der Waals surface area (Å²) >= 11 is 1.54. The van der Waals surface area contributed by atoms with Gasteiger partial charge < -0.3 is 4.90 Å². The van der Waals surface area contributed by atoms with Gasteiger partial charge in [0.05, 0.1) is 5.69 Å². The number of hydrogen-bond donors (Lipinski definition) is 1. The average molecular weight is 319 g/mol. The molecular weight excluding hydrogens is 294 g/mol. The van der Waals surface area contributed by atoms with Crippen molar-refractivity contribution in [2.75, 3.05) is 11.9 Å². The normalized spacial score (nSPS) is 33.3. The number of nitrogens with zero attached hydrogens (tertiary/aromatic N) is 2. The molecular formula is C17H25N3OS. The molecule has 22 heavy (non-hydrogen) atoms. The van der Waals surface area contributed by atoms with Gasteiger partial charge in [0, 0.05) is 18.0 Å². The van der Waals surface area contributed by atoms with Crippen molar-refractivity contribution in [2.24, 2.45) is 17.8 Å². The Balaban J connectivity index is 1.47. The van der Waals surface area contributed by atoms with Crippen molar-refractivity contribution in [3.63, 3.8) is 0 Å². The van der Waals surface area contributed by atoms with Gasteiger partial charge in [-0.25, -0.2) is 9.78 Å². The molecule has 0 spiro atoms. The number of hydrogen-bond acceptors (Lipinski definition) is 3. The summed E-state index contributed by atoms with van der Waals surface area (Å²) in [6, 6.07) is 0.531. The van der Waals surface area contributed by atoms with Crippen molar-refractivity contribution in [1.29, 1.82) is 0 Å². The topological polar surface area (TPSA) is 45.2 Å². The largest absolute Gasteiger partial charge is 0.323 e. The highest BCUT2D eigenvalue weighted by Gasteiger charge is 2.44. The Hall–Kier alpha value is -1.10. The van der Waals surface area contributed by atoms with Crippen molar-refractivity contribution >= 4 is 22.5 Å². The second kappa shape index (κ2) is 5.52. The van der Waals surface area contributed by atoms with Gasteiger partial charge in [0.15, 0.2) is 5.13 Å².